The summed E-state index contributed by atoms with van der Waals surface area (Å²) in [6.07, 6.45) is 1.14. The molecule has 30 heavy (non-hydrogen) atoms. The molecule has 0 saturated carbocycles. The van der Waals surface area contributed by atoms with Crippen LogP contribution in [0.3, 0.4) is 0 Å². The Morgan fingerprint density at radius 1 is 0.833 bits per heavy atom. The zero-order chi connectivity index (χ0) is 20.8. The molecule has 0 amide bonds. The Bertz CT molecular complexity index is 1070. The Kier molecular flexibility index (Phi) is 6.33. The first-order valence-corrected chi connectivity index (χ1v) is 10.6. The molecule has 0 aliphatic heterocycles. The van der Waals surface area contributed by atoms with Gasteiger partial charge in [-0.2, -0.15) is 0 Å². The zero-order valence-electron chi connectivity index (χ0n) is 17.6. The highest BCUT2D eigenvalue weighted by molar-refractivity contribution is 5.75. The van der Waals surface area contributed by atoms with Gasteiger partial charge in [-0.3, -0.25) is 0 Å². The van der Waals surface area contributed by atoms with Gasteiger partial charge in [-0.1, -0.05) is 56.3 Å². The third kappa shape index (κ3) is 4.65. The summed E-state index contributed by atoms with van der Waals surface area (Å²) in [5, 5.41) is 0. The monoisotopic (exact) mass is 400 g/mol. The third-order valence-electron chi connectivity index (χ3n) is 5.49. The van der Waals surface area contributed by atoms with Gasteiger partial charge in [0.1, 0.15) is 30.5 Å². The molecule has 0 spiro atoms. The summed E-state index contributed by atoms with van der Waals surface area (Å²) in [5.74, 6) is 3.21. The smallest absolute Gasteiger partial charge is 0.148 e. The van der Waals surface area contributed by atoms with Gasteiger partial charge in [0.25, 0.3) is 0 Å². The Morgan fingerprint density at radius 2 is 1.53 bits per heavy atom. The van der Waals surface area contributed by atoms with E-state index in [1.54, 1.807) is 0 Å². The van der Waals surface area contributed by atoms with Gasteiger partial charge >= 0.3 is 0 Å². The van der Waals surface area contributed by atoms with Crippen LogP contribution in [0.2, 0.25) is 0 Å². The molecule has 0 saturated heterocycles. The van der Waals surface area contributed by atoms with E-state index >= 15 is 0 Å². The van der Waals surface area contributed by atoms with Crippen molar-refractivity contribution in [3.63, 3.8) is 0 Å². The fraction of sp³-hybridized carbons (Fsp3) is 0.269. The lowest BCUT2D eigenvalue weighted by Crippen LogP contribution is -2.13. The van der Waals surface area contributed by atoms with Crippen LogP contribution in [0.4, 0.5) is 0 Å². The maximum absolute atomic E-state index is 6.02. The summed E-state index contributed by atoms with van der Waals surface area (Å²) in [5.41, 5.74) is 3.42. The molecule has 4 nitrogen and oxygen atoms in total. The quantitative estimate of drug-likeness (QED) is 0.335. The van der Waals surface area contributed by atoms with Crippen molar-refractivity contribution in [2.24, 2.45) is 0 Å². The van der Waals surface area contributed by atoms with Crippen molar-refractivity contribution in [1.29, 1.82) is 0 Å². The van der Waals surface area contributed by atoms with Crippen molar-refractivity contribution in [2.45, 2.75) is 39.3 Å². The molecule has 4 heteroatoms. The van der Waals surface area contributed by atoms with Crippen LogP contribution in [-0.4, -0.2) is 16.2 Å². The molecule has 1 unspecified atom stereocenters. The Hall–Kier alpha value is -3.27. The highest BCUT2D eigenvalue weighted by Crippen LogP contribution is 2.22. The molecule has 154 valence electrons. The van der Waals surface area contributed by atoms with E-state index in [0.29, 0.717) is 25.7 Å². The van der Waals surface area contributed by atoms with Crippen LogP contribution in [-0.2, 0) is 13.2 Å². The second-order valence-electron chi connectivity index (χ2n) is 7.50. The van der Waals surface area contributed by atoms with Crippen molar-refractivity contribution < 1.29 is 9.47 Å². The van der Waals surface area contributed by atoms with Crippen LogP contribution in [0, 0.1) is 0 Å². The summed E-state index contributed by atoms with van der Waals surface area (Å²) >= 11 is 0. The molecule has 1 heterocycles. The van der Waals surface area contributed by atoms with E-state index in [9.17, 15) is 0 Å². The van der Waals surface area contributed by atoms with Gasteiger partial charge in [0.15, 0.2) is 0 Å². The van der Waals surface area contributed by atoms with Gasteiger partial charge in [0.05, 0.1) is 17.6 Å². The predicted molar refractivity (Wildman–Crippen MR) is 121 cm³/mol. The van der Waals surface area contributed by atoms with Gasteiger partial charge in [-0.15, -0.1) is 0 Å². The van der Waals surface area contributed by atoms with Crippen LogP contribution in [0.1, 0.15) is 37.6 Å². The largest absolute Gasteiger partial charge is 0.492 e. The number of aromatic nitrogens is 2. The van der Waals surface area contributed by atoms with E-state index in [-0.39, 0.29) is 0 Å². The number of fused-ring (bicyclic) bond motifs is 1. The lowest BCUT2D eigenvalue weighted by Gasteiger charge is -2.13. The third-order valence-corrected chi connectivity index (χ3v) is 5.49. The van der Waals surface area contributed by atoms with Gasteiger partial charge in [0.2, 0.25) is 0 Å². The molecular formula is C26H28N2O2. The van der Waals surface area contributed by atoms with Crippen molar-refractivity contribution >= 4 is 11.0 Å². The highest BCUT2D eigenvalue weighted by Gasteiger charge is 2.11. The zero-order valence-corrected chi connectivity index (χ0v) is 17.6. The summed E-state index contributed by atoms with van der Waals surface area (Å²) in [6.45, 7) is 6.16. The van der Waals surface area contributed by atoms with E-state index < -0.39 is 0 Å². The van der Waals surface area contributed by atoms with Gasteiger partial charge in [-0.05, 0) is 54.3 Å². The van der Waals surface area contributed by atoms with E-state index in [2.05, 4.69) is 48.7 Å². The summed E-state index contributed by atoms with van der Waals surface area (Å²) in [6, 6.07) is 26.5. The molecule has 0 aliphatic rings. The van der Waals surface area contributed by atoms with Crippen molar-refractivity contribution in [1.82, 2.24) is 9.55 Å². The first-order chi connectivity index (χ1) is 14.7. The van der Waals surface area contributed by atoms with E-state index in [4.69, 9.17) is 14.5 Å². The number of hydrogen-bond acceptors (Lipinski definition) is 3. The van der Waals surface area contributed by atoms with Crippen LogP contribution < -0.4 is 9.47 Å². The second-order valence-corrected chi connectivity index (χ2v) is 7.50. The van der Waals surface area contributed by atoms with Crippen LogP contribution >= 0.6 is 0 Å². The fourth-order valence-electron chi connectivity index (χ4n) is 3.53. The first-order valence-electron chi connectivity index (χ1n) is 10.6. The number of benzene rings is 3. The van der Waals surface area contributed by atoms with Crippen LogP contribution in [0.15, 0.2) is 78.9 Å². The molecule has 1 atom stereocenters. The topological polar surface area (TPSA) is 36.3 Å². The standard InChI is InChI=1S/C26H28N2O2/c1-3-20(2)21-13-15-23(16-14-21)29-18-17-28-25-12-8-7-11-24(25)27-26(28)19-30-22-9-5-4-6-10-22/h4-16,20H,3,17-19H2,1-2H3. The van der Waals surface area contributed by atoms with Gasteiger partial charge in [-0.25, -0.2) is 4.98 Å². The molecule has 0 N–H and O–H groups in total. The number of imidazole rings is 1. The minimum Gasteiger partial charge on any atom is -0.492 e. The summed E-state index contributed by atoms with van der Waals surface area (Å²) < 4.78 is 14.2. The minimum absolute atomic E-state index is 0.419. The second kappa shape index (κ2) is 9.49. The molecule has 4 rings (SSSR count). The van der Waals surface area contributed by atoms with E-state index in [1.165, 1.54) is 5.56 Å². The summed E-state index contributed by atoms with van der Waals surface area (Å²) in [7, 11) is 0. The molecule has 3 aromatic carbocycles. The Labute approximate surface area is 178 Å². The van der Waals surface area contributed by atoms with Crippen molar-refractivity contribution in [2.75, 3.05) is 6.61 Å². The number of hydrogen-bond donors (Lipinski definition) is 0. The average Bonchev–Trinajstić information content (AvgIpc) is 3.16. The highest BCUT2D eigenvalue weighted by atomic mass is 16.5. The van der Waals surface area contributed by atoms with E-state index in [0.717, 1.165) is 34.8 Å². The molecular weight excluding hydrogens is 372 g/mol. The predicted octanol–water partition coefficient (Wildman–Crippen LogP) is 6.21. The maximum Gasteiger partial charge on any atom is 0.148 e. The molecule has 0 radical (unpaired) electrons. The number of rotatable bonds is 9. The van der Waals surface area contributed by atoms with E-state index in [1.807, 2.05) is 48.5 Å². The van der Waals surface area contributed by atoms with Gasteiger partial charge in [0, 0.05) is 0 Å². The van der Waals surface area contributed by atoms with Crippen LogP contribution in [0.5, 0.6) is 11.5 Å². The first kappa shape index (κ1) is 20.0. The average molecular weight is 401 g/mol. The lowest BCUT2D eigenvalue weighted by molar-refractivity contribution is 0.272. The maximum atomic E-state index is 6.02. The fourth-order valence-corrected chi connectivity index (χ4v) is 3.53. The van der Waals surface area contributed by atoms with Crippen molar-refractivity contribution in [3.05, 3.63) is 90.3 Å². The molecule has 0 fully saturated rings. The SMILES string of the molecule is CCC(C)c1ccc(OCCn2c(COc3ccccc3)nc3ccccc32)cc1. The number of nitrogens with zero attached hydrogens (tertiary/aromatic N) is 2. The molecule has 0 aliphatic carbocycles. The van der Waals surface area contributed by atoms with Crippen LogP contribution in [0.25, 0.3) is 11.0 Å². The molecule has 4 aromatic rings. The number of ether oxygens (including phenoxy) is 2. The normalized spacial score (nSPS) is 12.1. The molecule has 1 aromatic heterocycles. The minimum atomic E-state index is 0.419. The number of para-hydroxylation sites is 3. The van der Waals surface area contributed by atoms with Gasteiger partial charge < -0.3 is 14.0 Å². The lowest BCUT2D eigenvalue weighted by atomic mass is 9.99. The van der Waals surface area contributed by atoms with Crippen molar-refractivity contribution in [3.8, 4) is 11.5 Å². The Balaban J connectivity index is 1.45. The summed E-state index contributed by atoms with van der Waals surface area (Å²) in [4.78, 5) is 4.78. The molecule has 0 bridgehead atoms. The Morgan fingerprint density at radius 3 is 2.30 bits per heavy atom.